The largest absolute Gasteiger partial charge is 0.0622 e. The number of allylic oxidation sites excluding steroid dienone is 7. The summed E-state index contributed by atoms with van der Waals surface area (Å²) in [4.78, 5) is 0. The van der Waals surface area contributed by atoms with E-state index in [4.69, 9.17) is 0 Å². The monoisotopic (exact) mass is 454 g/mol. The summed E-state index contributed by atoms with van der Waals surface area (Å²) in [5.74, 6) is 0. The van der Waals surface area contributed by atoms with Crippen molar-refractivity contribution in [1.82, 2.24) is 0 Å². The van der Waals surface area contributed by atoms with Gasteiger partial charge in [-0.15, -0.1) is 0 Å². The van der Waals surface area contributed by atoms with Crippen molar-refractivity contribution in [3.05, 3.63) is 104 Å². The molecule has 0 aliphatic carbocycles. The minimum Gasteiger partial charge on any atom is -0.0622 e. The van der Waals surface area contributed by atoms with Crippen molar-refractivity contribution in [3.8, 4) is 0 Å². The molecule has 0 saturated heterocycles. The number of benzene rings is 2. The average molecular weight is 455 g/mol. The molecular weight excluding hydrogens is 422 g/mol. The topological polar surface area (TPSA) is 0 Å². The SMILES string of the molecule is CC1=C(C)[C@]2(C)C[P@@]1C(C1=C(C)[C@@]3(C)C[P@]1C(c1ccccc1)=C3c1ccccc1)=C2C. The third kappa shape index (κ3) is 2.47. The number of hydrogen-bond donors (Lipinski definition) is 0. The van der Waals surface area contributed by atoms with E-state index in [1.807, 2.05) is 0 Å². The molecule has 162 valence electrons. The molecule has 2 aromatic rings. The normalized spacial score (nSPS) is 33.4. The molecule has 2 aromatic carbocycles. The van der Waals surface area contributed by atoms with Gasteiger partial charge in [0.1, 0.15) is 0 Å². The fourth-order valence-corrected chi connectivity index (χ4v) is 14.7. The van der Waals surface area contributed by atoms with Gasteiger partial charge >= 0.3 is 0 Å². The van der Waals surface area contributed by atoms with Crippen LogP contribution < -0.4 is 0 Å². The van der Waals surface area contributed by atoms with E-state index in [9.17, 15) is 0 Å². The Balaban J connectivity index is 1.58. The Kier molecular flexibility index (Phi) is 4.48. The zero-order chi connectivity index (χ0) is 22.4. The first kappa shape index (κ1) is 20.8. The van der Waals surface area contributed by atoms with Gasteiger partial charge in [0.05, 0.1) is 0 Å². The fourth-order valence-electron chi connectivity index (χ4n) is 6.66. The van der Waals surface area contributed by atoms with Crippen LogP contribution in [0.1, 0.15) is 52.7 Å². The van der Waals surface area contributed by atoms with Crippen LogP contribution in [0.4, 0.5) is 0 Å². The zero-order valence-corrected chi connectivity index (χ0v) is 21.9. The summed E-state index contributed by atoms with van der Waals surface area (Å²) in [6.45, 7) is 14.8. The van der Waals surface area contributed by atoms with Crippen LogP contribution >= 0.6 is 15.8 Å². The minimum absolute atomic E-state index is 0.146. The maximum Gasteiger partial charge on any atom is 0.0198 e. The van der Waals surface area contributed by atoms with Gasteiger partial charge in [-0.2, -0.15) is 0 Å². The van der Waals surface area contributed by atoms with Gasteiger partial charge in [-0.25, -0.2) is 0 Å². The number of fused-ring (bicyclic) bond motifs is 4. The van der Waals surface area contributed by atoms with E-state index in [-0.39, 0.29) is 21.3 Å². The summed E-state index contributed by atoms with van der Waals surface area (Å²) in [5.41, 5.74) is 9.92. The highest BCUT2D eigenvalue weighted by atomic mass is 31.1. The van der Waals surface area contributed by atoms with Crippen LogP contribution in [0.15, 0.2) is 93.3 Å². The van der Waals surface area contributed by atoms with Crippen molar-refractivity contribution in [2.45, 2.75) is 41.5 Å². The van der Waals surface area contributed by atoms with Crippen molar-refractivity contribution >= 4 is 26.7 Å². The van der Waals surface area contributed by atoms with Crippen LogP contribution in [0, 0.1) is 10.8 Å². The maximum atomic E-state index is 2.54. The van der Waals surface area contributed by atoms with Gasteiger partial charge in [0.25, 0.3) is 0 Å². The lowest BCUT2D eigenvalue weighted by Crippen LogP contribution is -2.19. The summed E-state index contributed by atoms with van der Waals surface area (Å²) in [6, 6.07) is 22.5. The Morgan fingerprint density at radius 2 is 1.06 bits per heavy atom. The molecule has 4 aliphatic heterocycles. The van der Waals surface area contributed by atoms with Gasteiger partial charge < -0.3 is 0 Å². The first-order chi connectivity index (χ1) is 15.3. The van der Waals surface area contributed by atoms with Crippen LogP contribution in [-0.2, 0) is 0 Å². The lowest BCUT2D eigenvalue weighted by molar-refractivity contribution is 0.561. The van der Waals surface area contributed by atoms with Crippen molar-refractivity contribution in [3.63, 3.8) is 0 Å². The van der Waals surface area contributed by atoms with Crippen LogP contribution in [0.2, 0.25) is 0 Å². The summed E-state index contributed by atoms with van der Waals surface area (Å²) < 4.78 is 0. The Labute approximate surface area is 195 Å². The van der Waals surface area contributed by atoms with E-state index < -0.39 is 0 Å². The highest BCUT2D eigenvalue weighted by Gasteiger charge is 2.57. The second-order valence-electron chi connectivity index (χ2n) is 10.4. The lowest BCUT2D eigenvalue weighted by atomic mass is 9.73. The summed E-state index contributed by atoms with van der Waals surface area (Å²) in [6.07, 6.45) is 2.64. The third-order valence-corrected chi connectivity index (χ3v) is 15.5. The van der Waals surface area contributed by atoms with E-state index in [0.29, 0.717) is 5.41 Å². The van der Waals surface area contributed by atoms with Crippen LogP contribution in [0.5, 0.6) is 0 Å². The third-order valence-electron chi connectivity index (χ3n) is 9.02. The van der Waals surface area contributed by atoms with Crippen LogP contribution in [0.25, 0.3) is 10.9 Å². The molecule has 0 nitrogen and oxygen atoms in total. The minimum atomic E-state index is -0.333. The molecule has 4 heterocycles. The number of hydrogen-bond acceptors (Lipinski definition) is 0. The van der Waals surface area contributed by atoms with Crippen molar-refractivity contribution < 1.29 is 0 Å². The molecule has 6 rings (SSSR count). The molecule has 0 radical (unpaired) electrons. The second-order valence-corrected chi connectivity index (χ2v) is 14.8. The number of rotatable bonds is 3. The Bertz CT molecular complexity index is 1270. The first-order valence-corrected chi connectivity index (χ1v) is 14.9. The molecule has 0 saturated carbocycles. The predicted octanol–water partition coefficient (Wildman–Crippen LogP) is 9.43. The van der Waals surface area contributed by atoms with Crippen molar-refractivity contribution in [2.75, 3.05) is 12.3 Å². The molecule has 4 atom stereocenters. The molecule has 0 unspecified atom stereocenters. The highest BCUT2D eigenvalue weighted by Crippen LogP contribution is 2.85. The average Bonchev–Trinajstić information content (AvgIpc) is 3.43. The molecule has 4 bridgehead atoms. The van der Waals surface area contributed by atoms with Gasteiger partial charge in [-0.1, -0.05) is 91.2 Å². The predicted molar refractivity (Wildman–Crippen MR) is 143 cm³/mol. The fraction of sp³-hybridized carbons (Fsp3) is 0.333. The molecule has 0 N–H and O–H groups in total. The highest BCUT2D eigenvalue weighted by molar-refractivity contribution is 7.77. The second kappa shape index (κ2) is 6.88. The van der Waals surface area contributed by atoms with E-state index in [1.54, 1.807) is 43.5 Å². The van der Waals surface area contributed by atoms with Gasteiger partial charge in [0.15, 0.2) is 0 Å². The molecule has 0 aromatic heterocycles. The smallest absolute Gasteiger partial charge is 0.0198 e. The zero-order valence-electron chi connectivity index (χ0n) is 20.1. The summed E-state index contributed by atoms with van der Waals surface area (Å²) in [5, 5.41) is 6.93. The van der Waals surface area contributed by atoms with E-state index >= 15 is 0 Å². The van der Waals surface area contributed by atoms with Gasteiger partial charge in [-0.3, -0.25) is 0 Å². The Morgan fingerprint density at radius 3 is 1.66 bits per heavy atom. The van der Waals surface area contributed by atoms with Gasteiger partial charge in [-0.05, 0) is 93.8 Å². The molecule has 2 heteroatoms. The molecular formula is C30H32P2. The molecule has 4 aliphatic rings. The standard InChI is InChI=1S/C30H32P2/c1-19-22(4)31-17-29(19,5)20(2)26(31)27-21(3)30(6)18-32(27)28(24-15-11-8-12-16-24)25(30)23-13-9-7-10-14-23/h7-16H,17-18H2,1-6H3/t29-,30+,31+,32-/m0/s1. The molecule has 0 spiro atoms. The Morgan fingerprint density at radius 1 is 0.562 bits per heavy atom. The lowest BCUT2D eigenvalue weighted by Gasteiger charge is -2.34. The summed E-state index contributed by atoms with van der Waals surface area (Å²) >= 11 is 0. The molecule has 0 fully saturated rings. The van der Waals surface area contributed by atoms with E-state index in [1.165, 1.54) is 23.5 Å². The summed E-state index contributed by atoms with van der Waals surface area (Å²) in [7, 11) is -0.487. The molecule has 32 heavy (non-hydrogen) atoms. The molecule has 0 amide bonds. The Hall–Kier alpha value is -1.74. The maximum absolute atomic E-state index is 2.54. The first-order valence-electron chi connectivity index (χ1n) is 11.8. The van der Waals surface area contributed by atoms with E-state index in [0.717, 1.165) is 0 Å². The van der Waals surface area contributed by atoms with Crippen molar-refractivity contribution in [1.29, 1.82) is 0 Å². The quantitative estimate of drug-likeness (QED) is 0.405. The van der Waals surface area contributed by atoms with Crippen LogP contribution in [-0.4, -0.2) is 12.3 Å². The van der Waals surface area contributed by atoms with Gasteiger partial charge in [0.2, 0.25) is 0 Å². The van der Waals surface area contributed by atoms with Crippen molar-refractivity contribution in [2.24, 2.45) is 10.8 Å². The van der Waals surface area contributed by atoms with Gasteiger partial charge in [0, 0.05) is 10.8 Å². The van der Waals surface area contributed by atoms with Crippen LogP contribution in [0.3, 0.4) is 0 Å². The van der Waals surface area contributed by atoms with E-state index in [2.05, 4.69) is 102 Å².